The third-order valence-corrected chi connectivity index (χ3v) is 1.97. The molecule has 0 radical (unpaired) electrons. The smallest absolute Gasteiger partial charge is 0.277 e. The molecule has 2 rings (SSSR count). The molecule has 0 atom stereocenters. The molecule has 2 heterocycles. The second-order valence-corrected chi connectivity index (χ2v) is 3.37. The molecule has 6 nitrogen and oxygen atoms in total. The van der Waals surface area contributed by atoms with Crippen LogP contribution in [0.2, 0.25) is 0 Å². The summed E-state index contributed by atoms with van der Waals surface area (Å²) >= 11 is 0. The van der Waals surface area contributed by atoms with Crippen LogP contribution in [0.15, 0.2) is 24.7 Å². The van der Waals surface area contributed by atoms with Crippen molar-refractivity contribution in [3.63, 3.8) is 0 Å². The first kappa shape index (κ1) is 10.3. The average Bonchev–Trinajstić information content (AvgIpc) is 2.65. The summed E-state index contributed by atoms with van der Waals surface area (Å²) in [6, 6.07) is 1.71. The molecular weight excluding hydrogens is 206 g/mol. The number of aryl methyl sites for hydroxylation is 2. The Morgan fingerprint density at radius 1 is 1.38 bits per heavy atom. The number of carbonyl (C=O) groups excluding carboxylic acids is 1. The number of carbonyl (C=O) groups is 1. The fraction of sp³-hybridized carbons (Fsp3) is 0.200. The highest BCUT2D eigenvalue weighted by Crippen LogP contribution is 2.03. The van der Waals surface area contributed by atoms with Crippen LogP contribution in [0, 0.1) is 6.92 Å². The predicted molar refractivity (Wildman–Crippen MR) is 57.9 cm³/mol. The normalized spacial score (nSPS) is 10.1. The Bertz CT molecular complexity index is 502. The molecule has 0 aromatic carbocycles. The molecule has 0 aliphatic rings. The molecule has 0 aliphatic heterocycles. The van der Waals surface area contributed by atoms with Crippen LogP contribution in [-0.4, -0.2) is 25.7 Å². The zero-order valence-corrected chi connectivity index (χ0v) is 9.01. The molecule has 1 amide bonds. The number of nitrogens with one attached hydrogen (secondary N) is 1. The van der Waals surface area contributed by atoms with Gasteiger partial charge >= 0.3 is 0 Å². The van der Waals surface area contributed by atoms with Gasteiger partial charge in [0.2, 0.25) is 0 Å². The Morgan fingerprint density at radius 2 is 2.19 bits per heavy atom. The Hall–Kier alpha value is -2.24. The third-order valence-electron chi connectivity index (χ3n) is 1.97. The fourth-order valence-electron chi connectivity index (χ4n) is 1.17. The van der Waals surface area contributed by atoms with Crippen LogP contribution in [0.3, 0.4) is 0 Å². The molecule has 0 saturated carbocycles. The van der Waals surface area contributed by atoms with Crippen molar-refractivity contribution in [2.75, 3.05) is 5.32 Å². The minimum atomic E-state index is -0.314. The van der Waals surface area contributed by atoms with Crippen molar-refractivity contribution in [3.05, 3.63) is 36.0 Å². The topological polar surface area (TPSA) is 72.7 Å². The molecule has 2 aromatic rings. The van der Waals surface area contributed by atoms with E-state index in [1.807, 2.05) is 6.92 Å². The lowest BCUT2D eigenvalue weighted by Crippen LogP contribution is -2.14. The second kappa shape index (κ2) is 4.09. The van der Waals surface area contributed by atoms with Gasteiger partial charge in [-0.1, -0.05) is 0 Å². The second-order valence-electron chi connectivity index (χ2n) is 3.37. The highest BCUT2D eigenvalue weighted by molar-refractivity contribution is 6.02. The summed E-state index contributed by atoms with van der Waals surface area (Å²) in [5.41, 5.74) is 1.05. The highest BCUT2D eigenvalue weighted by Gasteiger charge is 2.08. The lowest BCUT2D eigenvalue weighted by Gasteiger charge is -2.00. The Kier molecular flexibility index (Phi) is 2.63. The zero-order chi connectivity index (χ0) is 11.5. The van der Waals surface area contributed by atoms with E-state index in [9.17, 15) is 4.79 Å². The van der Waals surface area contributed by atoms with Gasteiger partial charge in [-0.15, -0.1) is 0 Å². The Balaban J connectivity index is 2.11. The summed E-state index contributed by atoms with van der Waals surface area (Å²) in [6.45, 7) is 1.81. The van der Waals surface area contributed by atoms with Crippen LogP contribution < -0.4 is 5.32 Å². The van der Waals surface area contributed by atoms with Crippen LogP contribution >= 0.6 is 0 Å². The maximum Gasteiger partial charge on any atom is 0.277 e. The summed E-state index contributed by atoms with van der Waals surface area (Å²) in [5, 5.41) is 6.66. The summed E-state index contributed by atoms with van der Waals surface area (Å²) < 4.78 is 1.61. The largest absolute Gasteiger partial charge is 0.304 e. The van der Waals surface area contributed by atoms with Crippen LogP contribution in [0.1, 0.15) is 16.2 Å². The number of hydrogen-bond acceptors (Lipinski definition) is 4. The van der Waals surface area contributed by atoms with Crippen molar-refractivity contribution in [1.29, 1.82) is 0 Å². The molecule has 0 bridgehead atoms. The number of amides is 1. The van der Waals surface area contributed by atoms with Gasteiger partial charge < -0.3 is 5.32 Å². The predicted octanol–water partition coefficient (Wildman–Crippen LogP) is 0.771. The molecule has 0 saturated heterocycles. The summed E-state index contributed by atoms with van der Waals surface area (Å²) in [4.78, 5) is 19.6. The van der Waals surface area contributed by atoms with Gasteiger partial charge in [-0.05, 0) is 6.92 Å². The first-order valence-corrected chi connectivity index (χ1v) is 4.75. The van der Waals surface area contributed by atoms with Crippen molar-refractivity contribution in [2.45, 2.75) is 6.92 Å². The number of aromatic nitrogens is 4. The Labute approximate surface area is 92.3 Å². The van der Waals surface area contributed by atoms with Gasteiger partial charge in [0, 0.05) is 25.5 Å². The van der Waals surface area contributed by atoms with Crippen molar-refractivity contribution in [3.8, 4) is 0 Å². The first-order chi connectivity index (χ1) is 7.65. The molecule has 2 aromatic heterocycles. The molecule has 16 heavy (non-hydrogen) atoms. The van der Waals surface area contributed by atoms with E-state index in [4.69, 9.17) is 0 Å². The maximum absolute atomic E-state index is 11.7. The van der Waals surface area contributed by atoms with Gasteiger partial charge in [-0.3, -0.25) is 14.5 Å². The van der Waals surface area contributed by atoms with E-state index in [-0.39, 0.29) is 11.6 Å². The van der Waals surface area contributed by atoms with E-state index in [2.05, 4.69) is 20.4 Å². The molecule has 0 fully saturated rings. The van der Waals surface area contributed by atoms with Gasteiger partial charge in [-0.25, -0.2) is 4.98 Å². The van der Waals surface area contributed by atoms with E-state index >= 15 is 0 Å². The minimum Gasteiger partial charge on any atom is -0.304 e. The third kappa shape index (κ3) is 2.22. The number of rotatable bonds is 2. The standard InChI is InChI=1S/C10H11N5O/c1-7-5-12-8(6-11-7)10(16)13-9-3-4-15(2)14-9/h3-6H,1-2H3,(H,13,14,16). The summed E-state index contributed by atoms with van der Waals surface area (Å²) in [5.74, 6) is 0.182. The molecule has 0 aliphatic carbocycles. The van der Waals surface area contributed by atoms with E-state index in [1.54, 1.807) is 30.2 Å². The average molecular weight is 217 g/mol. The van der Waals surface area contributed by atoms with Crippen molar-refractivity contribution in [2.24, 2.45) is 7.05 Å². The first-order valence-electron chi connectivity index (χ1n) is 4.75. The number of hydrogen-bond donors (Lipinski definition) is 1. The van der Waals surface area contributed by atoms with E-state index in [0.29, 0.717) is 5.82 Å². The van der Waals surface area contributed by atoms with Gasteiger partial charge in [0.05, 0.1) is 11.9 Å². The highest BCUT2D eigenvalue weighted by atomic mass is 16.2. The van der Waals surface area contributed by atoms with Gasteiger partial charge in [0.15, 0.2) is 5.82 Å². The van der Waals surface area contributed by atoms with Crippen LogP contribution in [0.25, 0.3) is 0 Å². The summed E-state index contributed by atoms with van der Waals surface area (Å²) in [6.07, 6.45) is 4.73. The van der Waals surface area contributed by atoms with Crippen molar-refractivity contribution >= 4 is 11.7 Å². The molecule has 0 unspecified atom stereocenters. The van der Waals surface area contributed by atoms with Gasteiger partial charge in [0.1, 0.15) is 5.69 Å². The summed E-state index contributed by atoms with van der Waals surface area (Å²) in [7, 11) is 1.78. The molecule has 0 spiro atoms. The maximum atomic E-state index is 11.7. The fourth-order valence-corrected chi connectivity index (χ4v) is 1.17. The quantitative estimate of drug-likeness (QED) is 0.806. The van der Waals surface area contributed by atoms with E-state index in [0.717, 1.165) is 5.69 Å². The lowest BCUT2D eigenvalue weighted by atomic mass is 10.4. The van der Waals surface area contributed by atoms with Gasteiger partial charge in [-0.2, -0.15) is 5.10 Å². The molecular formula is C10H11N5O. The zero-order valence-electron chi connectivity index (χ0n) is 9.01. The van der Waals surface area contributed by atoms with Crippen LogP contribution in [0.5, 0.6) is 0 Å². The molecule has 6 heteroatoms. The monoisotopic (exact) mass is 217 g/mol. The van der Waals surface area contributed by atoms with Crippen molar-refractivity contribution < 1.29 is 4.79 Å². The van der Waals surface area contributed by atoms with Crippen molar-refractivity contribution in [1.82, 2.24) is 19.7 Å². The molecule has 1 N–H and O–H groups in total. The molecule has 82 valence electrons. The minimum absolute atomic E-state index is 0.274. The van der Waals surface area contributed by atoms with Crippen LogP contribution in [-0.2, 0) is 7.05 Å². The number of anilines is 1. The Morgan fingerprint density at radius 3 is 2.75 bits per heavy atom. The SMILES string of the molecule is Cc1cnc(C(=O)Nc2ccn(C)n2)cn1. The van der Waals surface area contributed by atoms with E-state index in [1.165, 1.54) is 6.20 Å². The van der Waals surface area contributed by atoms with Gasteiger partial charge in [0.25, 0.3) is 5.91 Å². The van der Waals surface area contributed by atoms with E-state index < -0.39 is 0 Å². The lowest BCUT2D eigenvalue weighted by molar-refractivity contribution is 0.102. The van der Waals surface area contributed by atoms with Crippen LogP contribution in [0.4, 0.5) is 5.82 Å². The number of nitrogens with zero attached hydrogens (tertiary/aromatic N) is 4.